The molecule has 1 aliphatic heterocycles. The lowest BCUT2D eigenvalue weighted by Crippen LogP contribution is -2.49. The standard InChI is InChI=1S/C20H26N2O8.CHF3O3S/c1-4-14(23)27-11-13-17(29-15(24)5-2)18(30-16(25)6-3)20(28-13)22-9-7-8-12(10-22)19(21)26;2-1(3,4)8(5,6)7/h7-10,13,17-18,20H,4-6,11H2,1-3H3,(H-,21,26);(H,5,6,7)/p+1/t13-,17-,18-,20-;/m1./s1. The highest BCUT2D eigenvalue weighted by Crippen LogP contribution is 2.32. The van der Waals surface area contributed by atoms with Crippen LogP contribution in [0.15, 0.2) is 24.5 Å². The van der Waals surface area contributed by atoms with Gasteiger partial charge in [-0.15, -0.1) is 0 Å². The van der Waals surface area contributed by atoms with Gasteiger partial charge in [-0.2, -0.15) is 26.2 Å². The lowest BCUT2D eigenvalue weighted by Gasteiger charge is -2.22. The summed E-state index contributed by atoms with van der Waals surface area (Å²) in [5, 5.41) is 0. The Morgan fingerprint density at radius 2 is 1.53 bits per heavy atom. The number of ether oxygens (including phenoxy) is 4. The Morgan fingerprint density at radius 1 is 1.03 bits per heavy atom. The van der Waals surface area contributed by atoms with Crippen LogP contribution in [-0.4, -0.2) is 67.2 Å². The Morgan fingerprint density at radius 3 is 1.97 bits per heavy atom. The van der Waals surface area contributed by atoms with Crippen LogP contribution in [0.3, 0.4) is 0 Å². The summed E-state index contributed by atoms with van der Waals surface area (Å²) in [6.07, 6.45) is -0.430. The molecule has 1 aromatic rings. The van der Waals surface area contributed by atoms with Crippen LogP contribution in [-0.2, 0) is 43.4 Å². The van der Waals surface area contributed by atoms with Gasteiger partial charge in [-0.1, -0.05) is 20.8 Å². The summed E-state index contributed by atoms with van der Waals surface area (Å²) in [4.78, 5) is 47.2. The van der Waals surface area contributed by atoms with Crippen molar-refractivity contribution in [2.45, 2.75) is 70.1 Å². The van der Waals surface area contributed by atoms with Crippen molar-refractivity contribution in [2.24, 2.45) is 5.73 Å². The molecule has 38 heavy (non-hydrogen) atoms. The van der Waals surface area contributed by atoms with Gasteiger partial charge in [-0.05, 0) is 6.07 Å². The SMILES string of the molecule is CCC(=O)OC[C@H]1O[C@@H]([n+]2cccc(C(N)=O)c2)[C@H](OC(=O)CC)[C@@H]1OC(=O)CC.O=S(=O)(O)C(F)(F)F. The number of nitrogens with zero attached hydrogens (tertiary/aromatic N) is 1. The Hall–Kier alpha value is -3.31. The first-order valence-corrected chi connectivity index (χ1v) is 12.5. The number of nitrogens with two attached hydrogens (primary N) is 1. The summed E-state index contributed by atoms with van der Waals surface area (Å²) in [6.45, 7) is 4.70. The maximum atomic E-state index is 12.1. The molecule has 0 bridgehead atoms. The second-order valence-electron chi connectivity index (χ2n) is 7.54. The molecular weight excluding hydrogens is 545 g/mol. The molecular formula is C21H28F3N2O11S+. The van der Waals surface area contributed by atoms with Crippen molar-refractivity contribution in [3.8, 4) is 0 Å². The van der Waals surface area contributed by atoms with E-state index in [4.69, 9.17) is 37.7 Å². The van der Waals surface area contributed by atoms with Gasteiger partial charge >= 0.3 is 39.8 Å². The number of carbonyl (C=O) groups excluding carboxylic acids is 4. The quantitative estimate of drug-likeness (QED) is 0.141. The first-order valence-electron chi connectivity index (χ1n) is 11.1. The topological polar surface area (TPSA) is 189 Å². The minimum absolute atomic E-state index is 0.0964. The zero-order valence-electron chi connectivity index (χ0n) is 20.5. The normalized spacial score (nSPS) is 21.0. The average Bonchev–Trinajstić information content (AvgIpc) is 3.17. The average molecular weight is 574 g/mol. The third kappa shape index (κ3) is 9.53. The number of primary amides is 1. The van der Waals surface area contributed by atoms with Crippen LogP contribution in [0.25, 0.3) is 0 Å². The fourth-order valence-corrected chi connectivity index (χ4v) is 2.89. The second kappa shape index (κ2) is 14.0. The molecule has 0 radical (unpaired) electrons. The summed E-state index contributed by atoms with van der Waals surface area (Å²) in [5.41, 5.74) is 0.0257. The van der Waals surface area contributed by atoms with E-state index >= 15 is 0 Å². The Labute approximate surface area is 215 Å². The monoisotopic (exact) mass is 573 g/mol. The Balaban J connectivity index is 0.000000781. The third-order valence-electron chi connectivity index (χ3n) is 4.79. The lowest BCUT2D eigenvalue weighted by molar-refractivity contribution is -0.765. The molecule has 0 saturated carbocycles. The second-order valence-corrected chi connectivity index (χ2v) is 8.96. The van der Waals surface area contributed by atoms with Crippen molar-refractivity contribution < 1.29 is 68.8 Å². The third-order valence-corrected chi connectivity index (χ3v) is 5.37. The van der Waals surface area contributed by atoms with E-state index in [1.807, 2.05) is 0 Å². The van der Waals surface area contributed by atoms with Crippen LogP contribution in [0.2, 0.25) is 0 Å². The highest BCUT2D eigenvalue weighted by Gasteiger charge is 2.55. The molecule has 2 heterocycles. The van der Waals surface area contributed by atoms with Crippen LogP contribution in [0, 0.1) is 0 Å². The molecule has 1 saturated heterocycles. The minimum atomic E-state index is -5.84. The minimum Gasteiger partial charge on any atom is -0.463 e. The van der Waals surface area contributed by atoms with Gasteiger partial charge in [0.2, 0.25) is 6.10 Å². The number of hydrogen-bond donors (Lipinski definition) is 2. The summed E-state index contributed by atoms with van der Waals surface area (Å²) in [7, 11) is -5.84. The van der Waals surface area contributed by atoms with E-state index in [9.17, 15) is 32.3 Å². The van der Waals surface area contributed by atoms with E-state index in [-0.39, 0.29) is 31.4 Å². The highest BCUT2D eigenvalue weighted by atomic mass is 32.2. The molecule has 0 aliphatic carbocycles. The number of hydrogen-bond acceptors (Lipinski definition) is 10. The van der Waals surface area contributed by atoms with Gasteiger partial charge in [0.05, 0.1) is 0 Å². The van der Waals surface area contributed by atoms with E-state index in [0.29, 0.717) is 0 Å². The van der Waals surface area contributed by atoms with Crippen molar-refractivity contribution in [3.63, 3.8) is 0 Å². The van der Waals surface area contributed by atoms with Gasteiger partial charge in [-0.25, -0.2) is 0 Å². The van der Waals surface area contributed by atoms with Gasteiger partial charge in [0.1, 0.15) is 18.3 Å². The molecule has 4 atom stereocenters. The van der Waals surface area contributed by atoms with Crippen molar-refractivity contribution in [2.75, 3.05) is 6.61 Å². The molecule has 1 aliphatic rings. The summed E-state index contributed by atoms with van der Waals surface area (Å²) in [5.74, 6) is -2.14. The number of pyridine rings is 1. The number of alkyl halides is 3. The van der Waals surface area contributed by atoms with Crippen molar-refractivity contribution in [3.05, 3.63) is 30.1 Å². The van der Waals surface area contributed by atoms with Gasteiger partial charge in [-0.3, -0.25) is 23.7 Å². The van der Waals surface area contributed by atoms with Crippen molar-refractivity contribution in [1.82, 2.24) is 0 Å². The highest BCUT2D eigenvalue weighted by molar-refractivity contribution is 7.86. The zero-order valence-corrected chi connectivity index (χ0v) is 21.4. The Bertz CT molecular complexity index is 1110. The molecule has 214 valence electrons. The molecule has 1 aromatic heterocycles. The van der Waals surface area contributed by atoms with E-state index in [2.05, 4.69) is 0 Å². The van der Waals surface area contributed by atoms with E-state index in [0.717, 1.165) is 0 Å². The zero-order chi connectivity index (χ0) is 29.3. The van der Waals surface area contributed by atoms with Crippen LogP contribution in [0.5, 0.6) is 0 Å². The molecule has 0 aromatic carbocycles. The predicted molar refractivity (Wildman–Crippen MR) is 118 cm³/mol. The van der Waals surface area contributed by atoms with Crippen LogP contribution in [0.4, 0.5) is 13.2 Å². The number of rotatable bonds is 9. The molecule has 1 fully saturated rings. The predicted octanol–water partition coefficient (Wildman–Crippen LogP) is 0.961. The smallest absolute Gasteiger partial charge is 0.463 e. The molecule has 2 rings (SSSR count). The van der Waals surface area contributed by atoms with Crippen molar-refractivity contribution in [1.29, 1.82) is 0 Å². The number of halogens is 3. The molecule has 0 unspecified atom stereocenters. The number of amides is 1. The van der Waals surface area contributed by atoms with Crippen LogP contribution >= 0.6 is 0 Å². The largest absolute Gasteiger partial charge is 0.522 e. The van der Waals surface area contributed by atoms with E-state index in [1.165, 1.54) is 16.8 Å². The number of carbonyl (C=O) groups is 4. The number of esters is 3. The molecule has 3 N–H and O–H groups in total. The summed E-state index contributed by atoms with van der Waals surface area (Å²) < 4.78 is 81.2. The molecule has 17 heteroatoms. The van der Waals surface area contributed by atoms with Gasteiger partial charge in [0.15, 0.2) is 18.5 Å². The maximum Gasteiger partial charge on any atom is 0.522 e. The first-order chi connectivity index (χ1) is 17.5. The van der Waals surface area contributed by atoms with Gasteiger partial charge < -0.3 is 24.7 Å². The molecule has 0 spiro atoms. The number of aromatic nitrogens is 1. The summed E-state index contributed by atoms with van der Waals surface area (Å²) >= 11 is 0. The summed E-state index contributed by atoms with van der Waals surface area (Å²) in [6, 6.07) is 3.11. The lowest BCUT2D eigenvalue weighted by atomic mass is 10.1. The van der Waals surface area contributed by atoms with E-state index < -0.39 is 64.0 Å². The van der Waals surface area contributed by atoms with Gasteiger partial charge in [0.25, 0.3) is 5.91 Å². The van der Waals surface area contributed by atoms with Crippen LogP contribution in [0.1, 0.15) is 56.6 Å². The first kappa shape index (κ1) is 32.7. The van der Waals surface area contributed by atoms with Crippen LogP contribution < -0.4 is 10.3 Å². The fourth-order valence-electron chi connectivity index (χ4n) is 2.89. The van der Waals surface area contributed by atoms with Crippen molar-refractivity contribution >= 4 is 33.9 Å². The van der Waals surface area contributed by atoms with E-state index in [1.54, 1.807) is 33.0 Å². The molecule has 1 amide bonds. The maximum absolute atomic E-state index is 12.1. The van der Waals surface area contributed by atoms with Gasteiger partial charge in [0, 0.05) is 25.3 Å². The molecule has 13 nitrogen and oxygen atoms in total. The Kier molecular flexibility index (Phi) is 12.1. The fraction of sp³-hybridized carbons (Fsp3) is 0.571.